The van der Waals surface area contributed by atoms with E-state index in [9.17, 15) is 24.9 Å². The van der Waals surface area contributed by atoms with Crippen LogP contribution in [0.15, 0.2) is 24.3 Å². The number of hydrogen-bond donors (Lipinski definition) is 5. The number of Topliss-reactive ketones (excluding diaryl/α,β-unsaturated/α-hetero) is 1. The van der Waals surface area contributed by atoms with E-state index in [-0.39, 0.29) is 12.2 Å². The van der Waals surface area contributed by atoms with Crippen molar-refractivity contribution in [3.63, 3.8) is 0 Å². The number of amides is 1. The Morgan fingerprint density at radius 3 is 2.56 bits per heavy atom. The molecule has 6 N–H and O–H groups in total. The number of rotatable bonds is 4. The van der Waals surface area contributed by atoms with E-state index >= 15 is 0 Å². The molecule has 1 heterocycles. The molecule has 1 saturated carbocycles. The SMILES string of the molecule is CC(=O)c1cccc(C[C@H]2[C@H](N)[C@]3(NC(=O)O[C@H]3C)[C@@](C)(O)[C@@]2(O)CO)c1. The molecule has 1 aromatic carbocycles. The molecule has 1 aliphatic carbocycles. The Morgan fingerprint density at radius 1 is 1.37 bits per heavy atom. The zero-order valence-electron chi connectivity index (χ0n) is 15.6. The van der Waals surface area contributed by atoms with Crippen molar-refractivity contribution in [3.8, 4) is 0 Å². The fourth-order valence-corrected chi connectivity index (χ4v) is 4.82. The molecule has 1 aliphatic heterocycles. The Bertz CT molecular complexity index is 781. The van der Waals surface area contributed by atoms with Crippen LogP contribution in [0.25, 0.3) is 0 Å². The number of benzene rings is 1. The number of carbonyl (C=O) groups excluding carboxylic acids is 2. The summed E-state index contributed by atoms with van der Waals surface area (Å²) in [6.07, 6.45) is -1.36. The molecule has 1 aromatic rings. The monoisotopic (exact) mass is 378 g/mol. The van der Waals surface area contributed by atoms with Crippen LogP contribution in [0.4, 0.5) is 4.79 Å². The van der Waals surface area contributed by atoms with Crippen LogP contribution in [-0.2, 0) is 11.2 Å². The van der Waals surface area contributed by atoms with Crippen molar-refractivity contribution in [2.45, 2.75) is 56.1 Å². The van der Waals surface area contributed by atoms with Gasteiger partial charge in [-0.15, -0.1) is 0 Å². The Labute approximate surface area is 157 Å². The molecular weight excluding hydrogens is 352 g/mol. The third kappa shape index (κ3) is 2.51. The maximum atomic E-state index is 11.9. The highest BCUT2D eigenvalue weighted by Gasteiger charge is 2.77. The number of cyclic esters (lactones) is 1. The van der Waals surface area contributed by atoms with Gasteiger partial charge in [0.1, 0.15) is 22.8 Å². The fourth-order valence-electron chi connectivity index (χ4n) is 4.82. The van der Waals surface area contributed by atoms with Gasteiger partial charge in [0.2, 0.25) is 0 Å². The second-order valence-electron chi connectivity index (χ2n) is 7.79. The molecule has 2 aliphatic rings. The predicted molar refractivity (Wildman–Crippen MR) is 96.1 cm³/mol. The van der Waals surface area contributed by atoms with E-state index in [0.29, 0.717) is 5.56 Å². The molecule has 27 heavy (non-hydrogen) atoms. The van der Waals surface area contributed by atoms with Gasteiger partial charge in [0.25, 0.3) is 0 Å². The molecule has 8 heteroatoms. The summed E-state index contributed by atoms with van der Waals surface area (Å²) in [6, 6.07) is 5.97. The molecule has 6 atom stereocenters. The summed E-state index contributed by atoms with van der Waals surface area (Å²) in [5.74, 6) is -0.900. The van der Waals surface area contributed by atoms with Gasteiger partial charge in [0.15, 0.2) is 5.78 Å². The zero-order chi connectivity index (χ0) is 20.2. The second-order valence-corrected chi connectivity index (χ2v) is 7.79. The molecule has 0 bridgehead atoms. The van der Waals surface area contributed by atoms with Crippen molar-refractivity contribution >= 4 is 11.9 Å². The predicted octanol–water partition coefficient (Wildman–Crippen LogP) is -0.270. The lowest BCUT2D eigenvalue weighted by atomic mass is 9.73. The summed E-state index contributed by atoms with van der Waals surface area (Å²) in [4.78, 5) is 23.5. The average molecular weight is 378 g/mol. The molecule has 2 fully saturated rings. The lowest BCUT2D eigenvalue weighted by molar-refractivity contribution is -0.187. The van der Waals surface area contributed by atoms with Gasteiger partial charge in [-0.1, -0.05) is 18.2 Å². The van der Waals surface area contributed by atoms with Crippen LogP contribution in [0, 0.1) is 5.92 Å². The highest BCUT2D eigenvalue weighted by atomic mass is 16.6. The van der Waals surface area contributed by atoms with Gasteiger partial charge in [0.05, 0.1) is 6.61 Å². The van der Waals surface area contributed by atoms with Crippen molar-refractivity contribution < 1.29 is 29.6 Å². The summed E-state index contributed by atoms with van der Waals surface area (Å²) in [5.41, 5.74) is 2.27. The van der Waals surface area contributed by atoms with E-state index in [2.05, 4.69) is 5.32 Å². The minimum absolute atomic E-state index is 0.0986. The van der Waals surface area contributed by atoms with Crippen LogP contribution in [0.3, 0.4) is 0 Å². The first-order valence-corrected chi connectivity index (χ1v) is 8.91. The minimum atomic E-state index is -1.99. The molecule has 0 radical (unpaired) electrons. The standard InChI is InChI=1S/C19H26N2O6/c1-10(23)13-6-4-5-12(7-13)8-14-15(20)19(11(2)27-16(24)21-19)17(3,25)18(14,26)9-22/h4-7,11,14-15,22,25-26H,8-9,20H2,1-3H3,(H,21,24)/t11-,14-,15-,17-,18+,19-/m0/s1. The van der Waals surface area contributed by atoms with Crippen molar-refractivity contribution in [2.24, 2.45) is 11.7 Å². The van der Waals surface area contributed by atoms with Gasteiger partial charge in [-0.3, -0.25) is 4.79 Å². The van der Waals surface area contributed by atoms with Crippen LogP contribution in [0.1, 0.15) is 36.7 Å². The van der Waals surface area contributed by atoms with Gasteiger partial charge in [-0.05, 0) is 38.8 Å². The third-order valence-electron chi connectivity index (χ3n) is 6.49. The summed E-state index contributed by atoms with van der Waals surface area (Å²) in [6.45, 7) is 3.63. The lowest BCUT2D eigenvalue weighted by Gasteiger charge is -2.44. The Kier molecular flexibility index (Phi) is 4.59. The average Bonchev–Trinajstić information content (AvgIpc) is 2.98. The number of aliphatic hydroxyl groups excluding tert-OH is 1. The zero-order valence-corrected chi connectivity index (χ0v) is 15.6. The first-order chi connectivity index (χ1) is 12.5. The second kappa shape index (κ2) is 6.27. The molecule has 3 rings (SSSR count). The first-order valence-electron chi connectivity index (χ1n) is 8.91. The summed E-state index contributed by atoms with van der Waals surface area (Å²) in [7, 11) is 0. The fraction of sp³-hybridized carbons (Fsp3) is 0.579. The normalized spacial score (nSPS) is 40.9. The molecule has 148 valence electrons. The molecule has 0 unspecified atom stereocenters. The highest BCUT2D eigenvalue weighted by molar-refractivity contribution is 5.94. The molecule has 1 saturated heterocycles. The van der Waals surface area contributed by atoms with Crippen LogP contribution in [0.2, 0.25) is 0 Å². The maximum Gasteiger partial charge on any atom is 0.408 e. The first kappa shape index (κ1) is 19.8. The number of nitrogens with two attached hydrogens (primary N) is 1. The quantitative estimate of drug-likeness (QED) is 0.454. The summed E-state index contributed by atoms with van der Waals surface area (Å²) < 4.78 is 5.16. The lowest BCUT2D eigenvalue weighted by Crippen LogP contribution is -2.72. The number of alkyl carbamates (subject to hydrolysis) is 1. The number of nitrogens with one attached hydrogen (secondary N) is 1. The van der Waals surface area contributed by atoms with Crippen molar-refractivity contribution in [1.29, 1.82) is 0 Å². The Hall–Kier alpha value is -2.00. The maximum absolute atomic E-state index is 11.9. The van der Waals surface area contributed by atoms with Crippen LogP contribution < -0.4 is 11.1 Å². The van der Waals surface area contributed by atoms with Crippen LogP contribution in [-0.4, -0.2) is 62.7 Å². The van der Waals surface area contributed by atoms with Gasteiger partial charge in [0, 0.05) is 17.5 Å². The van der Waals surface area contributed by atoms with Gasteiger partial charge >= 0.3 is 6.09 Å². The van der Waals surface area contributed by atoms with Crippen LogP contribution >= 0.6 is 0 Å². The van der Waals surface area contributed by atoms with Gasteiger partial charge in [-0.2, -0.15) is 0 Å². The largest absolute Gasteiger partial charge is 0.444 e. The Morgan fingerprint density at radius 2 is 2.04 bits per heavy atom. The van der Waals surface area contributed by atoms with Gasteiger partial charge in [-0.25, -0.2) is 4.79 Å². The van der Waals surface area contributed by atoms with E-state index in [1.807, 2.05) is 0 Å². The van der Waals surface area contributed by atoms with E-state index in [4.69, 9.17) is 10.5 Å². The number of ketones is 1. The van der Waals surface area contributed by atoms with E-state index in [1.165, 1.54) is 13.8 Å². The van der Waals surface area contributed by atoms with Crippen molar-refractivity contribution in [1.82, 2.24) is 5.32 Å². The summed E-state index contributed by atoms with van der Waals surface area (Å²) in [5, 5.41) is 35.1. The Balaban J connectivity index is 2.06. The number of carbonyl (C=O) groups is 2. The van der Waals surface area contributed by atoms with E-state index in [0.717, 1.165) is 5.56 Å². The van der Waals surface area contributed by atoms with Crippen molar-refractivity contribution in [3.05, 3.63) is 35.4 Å². The molecule has 8 nitrogen and oxygen atoms in total. The number of aliphatic hydroxyl groups is 3. The molecular formula is C19H26N2O6. The topological polar surface area (TPSA) is 142 Å². The van der Waals surface area contributed by atoms with Gasteiger partial charge < -0.3 is 31.1 Å². The number of hydrogen-bond acceptors (Lipinski definition) is 7. The molecule has 1 spiro atoms. The molecule has 0 aromatic heterocycles. The highest BCUT2D eigenvalue weighted by Crippen LogP contribution is 2.53. The smallest absolute Gasteiger partial charge is 0.408 e. The number of ether oxygens (including phenoxy) is 1. The third-order valence-corrected chi connectivity index (χ3v) is 6.49. The minimum Gasteiger partial charge on any atom is -0.444 e. The van der Waals surface area contributed by atoms with E-state index in [1.54, 1.807) is 31.2 Å². The van der Waals surface area contributed by atoms with E-state index < -0.39 is 47.5 Å². The van der Waals surface area contributed by atoms with Crippen LogP contribution in [0.5, 0.6) is 0 Å². The summed E-state index contributed by atoms with van der Waals surface area (Å²) >= 11 is 0. The molecule has 1 amide bonds. The van der Waals surface area contributed by atoms with Crippen molar-refractivity contribution in [2.75, 3.05) is 6.61 Å².